The van der Waals surface area contributed by atoms with Gasteiger partial charge < -0.3 is 5.32 Å². The topological polar surface area (TPSA) is 45.2 Å². The highest BCUT2D eigenvalue weighted by Gasteiger charge is 2.21. The van der Waals surface area contributed by atoms with Gasteiger partial charge in [0.2, 0.25) is 0 Å². The van der Waals surface area contributed by atoms with E-state index in [-0.39, 0.29) is 5.91 Å². The number of thiophene rings is 1. The molecule has 1 fully saturated rings. The van der Waals surface area contributed by atoms with Crippen LogP contribution in [0.3, 0.4) is 0 Å². The Morgan fingerprint density at radius 1 is 1.21 bits per heavy atom. The van der Waals surface area contributed by atoms with Gasteiger partial charge >= 0.3 is 0 Å². The maximum atomic E-state index is 12.8. The standard InChI is InChI=1S/C23H27N3OS/c1-16-5-6-22-19(12-16)13-21(17(2)25-22)23(27)24-14-18-7-9-26(10-8-18)15-20-4-3-11-28-20/h3-6,11-13,18H,7-10,14-15H2,1-2H3,(H,24,27). The van der Waals surface area contributed by atoms with Gasteiger partial charge in [-0.2, -0.15) is 0 Å². The average Bonchev–Trinajstić information content (AvgIpc) is 3.20. The zero-order valence-corrected chi connectivity index (χ0v) is 17.4. The van der Waals surface area contributed by atoms with Crippen molar-refractivity contribution in [2.75, 3.05) is 19.6 Å². The molecule has 1 aromatic carbocycles. The summed E-state index contributed by atoms with van der Waals surface area (Å²) in [4.78, 5) is 21.3. The minimum absolute atomic E-state index is 0.00517. The normalized spacial score (nSPS) is 15.8. The fraction of sp³-hybridized carbons (Fsp3) is 0.391. The van der Waals surface area contributed by atoms with Crippen molar-refractivity contribution in [1.82, 2.24) is 15.2 Å². The number of hydrogen-bond donors (Lipinski definition) is 1. The molecule has 0 unspecified atom stereocenters. The number of nitrogens with zero attached hydrogens (tertiary/aromatic N) is 2. The first-order chi connectivity index (χ1) is 13.6. The molecule has 0 saturated carbocycles. The molecule has 4 nitrogen and oxygen atoms in total. The Morgan fingerprint density at radius 3 is 2.79 bits per heavy atom. The third-order valence-corrected chi connectivity index (χ3v) is 6.48. The predicted octanol–water partition coefficient (Wildman–Crippen LogP) is 4.56. The summed E-state index contributed by atoms with van der Waals surface area (Å²) in [6, 6.07) is 12.5. The molecule has 1 aliphatic heterocycles. The Balaban J connectivity index is 1.32. The minimum Gasteiger partial charge on any atom is -0.352 e. The van der Waals surface area contributed by atoms with Crippen molar-refractivity contribution in [3.05, 3.63) is 63.5 Å². The molecule has 1 amide bonds. The van der Waals surface area contributed by atoms with Gasteiger partial charge in [0.15, 0.2) is 0 Å². The van der Waals surface area contributed by atoms with Gasteiger partial charge in [0, 0.05) is 23.4 Å². The van der Waals surface area contributed by atoms with Crippen LogP contribution < -0.4 is 5.32 Å². The van der Waals surface area contributed by atoms with Gasteiger partial charge in [-0.15, -0.1) is 11.3 Å². The van der Waals surface area contributed by atoms with Crippen molar-refractivity contribution >= 4 is 28.1 Å². The Kier molecular flexibility index (Phi) is 5.74. The van der Waals surface area contributed by atoms with E-state index < -0.39 is 0 Å². The average molecular weight is 394 g/mol. The number of fused-ring (bicyclic) bond motifs is 1. The SMILES string of the molecule is Cc1ccc2nc(C)c(C(=O)NCC3CCN(Cc4cccs4)CC3)cc2c1. The summed E-state index contributed by atoms with van der Waals surface area (Å²) < 4.78 is 0. The molecule has 0 bridgehead atoms. The maximum absolute atomic E-state index is 12.8. The molecule has 0 spiro atoms. The van der Waals surface area contributed by atoms with Gasteiger partial charge in [-0.3, -0.25) is 14.7 Å². The summed E-state index contributed by atoms with van der Waals surface area (Å²) in [6.07, 6.45) is 2.28. The van der Waals surface area contributed by atoms with Gasteiger partial charge in [0.05, 0.1) is 16.8 Å². The quantitative estimate of drug-likeness (QED) is 0.691. The number of rotatable bonds is 5. The van der Waals surface area contributed by atoms with E-state index in [9.17, 15) is 4.79 Å². The Bertz CT molecular complexity index is 959. The molecule has 1 N–H and O–H groups in total. The first-order valence-corrected chi connectivity index (χ1v) is 10.9. The van der Waals surface area contributed by atoms with E-state index in [1.54, 1.807) is 0 Å². The van der Waals surface area contributed by atoms with Crippen LogP contribution in [-0.2, 0) is 6.54 Å². The number of hydrogen-bond acceptors (Lipinski definition) is 4. The summed E-state index contributed by atoms with van der Waals surface area (Å²) >= 11 is 1.83. The highest BCUT2D eigenvalue weighted by molar-refractivity contribution is 7.09. The first-order valence-electron chi connectivity index (χ1n) is 9.99. The van der Waals surface area contributed by atoms with E-state index in [1.807, 2.05) is 30.4 Å². The number of pyridine rings is 1. The van der Waals surface area contributed by atoms with Crippen LogP contribution in [0.2, 0.25) is 0 Å². The molecule has 3 aromatic rings. The smallest absolute Gasteiger partial charge is 0.253 e. The molecule has 0 radical (unpaired) electrons. The van der Waals surface area contributed by atoms with E-state index >= 15 is 0 Å². The van der Waals surface area contributed by atoms with Crippen molar-refractivity contribution in [2.45, 2.75) is 33.2 Å². The van der Waals surface area contributed by atoms with Crippen molar-refractivity contribution in [1.29, 1.82) is 0 Å². The summed E-state index contributed by atoms with van der Waals surface area (Å²) in [5.41, 5.74) is 3.60. The van der Waals surface area contributed by atoms with E-state index in [1.165, 1.54) is 10.4 Å². The number of carbonyl (C=O) groups excluding carboxylic acids is 1. The van der Waals surface area contributed by atoms with Crippen LogP contribution in [0.5, 0.6) is 0 Å². The molecule has 0 atom stereocenters. The van der Waals surface area contributed by atoms with Crippen LogP contribution in [0.25, 0.3) is 10.9 Å². The van der Waals surface area contributed by atoms with Gasteiger partial charge in [-0.05, 0) is 75.3 Å². The molecule has 1 aliphatic rings. The first kappa shape index (κ1) is 19.1. The Morgan fingerprint density at radius 2 is 2.04 bits per heavy atom. The van der Waals surface area contributed by atoms with Gasteiger partial charge in [0.25, 0.3) is 5.91 Å². The molecule has 146 valence electrons. The highest BCUT2D eigenvalue weighted by atomic mass is 32.1. The number of benzene rings is 1. The van der Waals surface area contributed by atoms with Crippen LogP contribution >= 0.6 is 11.3 Å². The summed E-state index contributed by atoms with van der Waals surface area (Å²) in [5, 5.41) is 6.32. The van der Waals surface area contributed by atoms with Crippen LogP contribution in [0.1, 0.15) is 39.3 Å². The monoisotopic (exact) mass is 393 g/mol. The molecule has 1 saturated heterocycles. The molecule has 28 heavy (non-hydrogen) atoms. The van der Waals surface area contributed by atoms with Gasteiger partial charge in [-0.25, -0.2) is 0 Å². The molecule has 0 aliphatic carbocycles. The Labute approximate surface area is 170 Å². The largest absolute Gasteiger partial charge is 0.352 e. The minimum atomic E-state index is -0.00517. The fourth-order valence-electron chi connectivity index (χ4n) is 3.93. The number of amides is 1. The lowest BCUT2D eigenvalue weighted by Crippen LogP contribution is -2.38. The fourth-order valence-corrected chi connectivity index (χ4v) is 4.67. The zero-order chi connectivity index (χ0) is 19.5. The second-order valence-corrected chi connectivity index (χ2v) is 8.86. The molecule has 4 rings (SSSR count). The van der Waals surface area contributed by atoms with E-state index in [4.69, 9.17) is 0 Å². The van der Waals surface area contributed by atoms with Crippen LogP contribution in [-0.4, -0.2) is 35.4 Å². The lowest BCUT2D eigenvalue weighted by molar-refractivity contribution is 0.0934. The summed E-state index contributed by atoms with van der Waals surface area (Å²) in [5.74, 6) is 0.550. The number of aryl methyl sites for hydroxylation is 2. The molecular weight excluding hydrogens is 366 g/mol. The van der Waals surface area contributed by atoms with Crippen LogP contribution in [0.15, 0.2) is 41.8 Å². The third-order valence-electron chi connectivity index (χ3n) is 5.62. The van der Waals surface area contributed by atoms with Crippen LogP contribution in [0.4, 0.5) is 0 Å². The second kappa shape index (κ2) is 8.41. The highest BCUT2D eigenvalue weighted by Crippen LogP contribution is 2.21. The van der Waals surface area contributed by atoms with Gasteiger partial charge in [-0.1, -0.05) is 17.7 Å². The molecular formula is C23H27N3OS. The lowest BCUT2D eigenvalue weighted by Gasteiger charge is -2.31. The predicted molar refractivity (Wildman–Crippen MR) is 116 cm³/mol. The number of piperidine rings is 1. The third kappa shape index (κ3) is 4.42. The van der Waals surface area contributed by atoms with Crippen LogP contribution in [0, 0.1) is 19.8 Å². The second-order valence-electron chi connectivity index (χ2n) is 7.83. The maximum Gasteiger partial charge on any atom is 0.253 e. The number of nitrogens with one attached hydrogen (secondary N) is 1. The summed E-state index contributed by atoms with van der Waals surface area (Å²) in [6.45, 7) is 7.98. The molecule has 3 heterocycles. The Hall–Kier alpha value is -2.24. The van der Waals surface area contributed by atoms with Crippen molar-refractivity contribution in [2.24, 2.45) is 5.92 Å². The number of likely N-dealkylation sites (tertiary alicyclic amines) is 1. The van der Waals surface area contributed by atoms with Gasteiger partial charge in [0.1, 0.15) is 0 Å². The van der Waals surface area contributed by atoms with Crippen molar-refractivity contribution in [3.63, 3.8) is 0 Å². The lowest BCUT2D eigenvalue weighted by atomic mass is 9.96. The van der Waals surface area contributed by atoms with E-state index in [0.717, 1.165) is 55.6 Å². The van der Waals surface area contributed by atoms with Crippen molar-refractivity contribution in [3.8, 4) is 0 Å². The van der Waals surface area contributed by atoms with E-state index in [2.05, 4.69) is 51.8 Å². The molecule has 5 heteroatoms. The number of aromatic nitrogens is 1. The van der Waals surface area contributed by atoms with E-state index in [0.29, 0.717) is 11.5 Å². The summed E-state index contributed by atoms with van der Waals surface area (Å²) in [7, 11) is 0. The van der Waals surface area contributed by atoms with Crippen molar-refractivity contribution < 1.29 is 4.79 Å². The molecule has 2 aromatic heterocycles. The number of carbonyl (C=O) groups is 1. The zero-order valence-electron chi connectivity index (χ0n) is 16.6.